The van der Waals surface area contributed by atoms with Crippen molar-refractivity contribution in [2.45, 2.75) is 51.0 Å². The Hall–Kier alpha value is -0.870. The molecule has 0 aromatic carbocycles. The maximum atomic E-state index is 12.4. The Labute approximate surface area is 131 Å². The second-order valence-electron chi connectivity index (χ2n) is 6.48. The van der Waals surface area contributed by atoms with Crippen molar-refractivity contribution in [1.29, 1.82) is 0 Å². The lowest BCUT2D eigenvalue weighted by Crippen LogP contribution is -2.48. The lowest BCUT2D eigenvalue weighted by atomic mass is 9.89. The van der Waals surface area contributed by atoms with Gasteiger partial charge in [0.2, 0.25) is 0 Å². The third kappa shape index (κ3) is 4.07. The van der Waals surface area contributed by atoms with E-state index in [0.29, 0.717) is 6.04 Å². The van der Waals surface area contributed by atoms with E-state index in [1.165, 1.54) is 38.5 Å². The van der Waals surface area contributed by atoms with Gasteiger partial charge >= 0.3 is 0 Å². The van der Waals surface area contributed by atoms with E-state index in [0.717, 1.165) is 36.9 Å². The Morgan fingerprint density at radius 3 is 2.86 bits per heavy atom. The van der Waals surface area contributed by atoms with Crippen LogP contribution in [0.3, 0.4) is 0 Å². The number of carbonyl (C=O) groups excluding carboxylic acids is 1. The Morgan fingerprint density at radius 1 is 1.24 bits per heavy atom. The Balaban J connectivity index is 1.47. The largest absolute Gasteiger partial charge is 0.336 e. The van der Waals surface area contributed by atoms with Gasteiger partial charge in [0.25, 0.3) is 5.91 Å². The Morgan fingerprint density at radius 2 is 2.10 bits per heavy atom. The highest BCUT2D eigenvalue weighted by molar-refractivity contribution is 7.12. The molecule has 1 aliphatic carbocycles. The molecule has 0 radical (unpaired) electrons. The van der Waals surface area contributed by atoms with E-state index in [-0.39, 0.29) is 5.91 Å². The van der Waals surface area contributed by atoms with Crippen molar-refractivity contribution in [3.8, 4) is 0 Å². The van der Waals surface area contributed by atoms with Gasteiger partial charge in [0, 0.05) is 19.1 Å². The number of nitrogens with zero attached hydrogens (tertiary/aromatic N) is 1. The molecule has 3 nitrogen and oxygen atoms in total. The molecule has 1 saturated carbocycles. The summed E-state index contributed by atoms with van der Waals surface area (Å²) in [6.07, 6.45) is 9.33. The van der Waals surface area contributed by atoms with Crippen molar-refractivity contribution in [2.24, 2.45) is 5.92 Å². The van der Waals surface area contributed by atoms with Crippen LogP contribution in [0.15, 0.2) is 17.5 Å². The third-order valence-corrected chi connectivity index (χ3v) is 5.72. The van der Waals surface area contributed by atoms with Crippen LogP contribution < -0.4 is 5.32 Å². The molecule has 2 fully saturated rings. The number of hydrogen-bond donors (Lipinski definition) is 1. The number of hydrogen-bond acceptors (Lipinski definition) is 3. The first-order valence-corrected chi connectivity index (χ1v) is 9.27. The summed E-state index contributed by atoms with van der Waals surface area (Å²) in [6.45, 7) is 2.94. The van der Waals surface area contributed by atoms with Crippen molar-refractivity contribution in [3.63, 3.8) is 0 Å². The lowest BCUT2D eigenvalue weighted by molar-refractivity contribution is 0.0697. The minimum absolute atomic E-state index is 0.217. The van der Waals surface area contributed by atoms with Crippen LogP contribution in [0, 0.1) is 5.92 Å². The molecular formula is C17H26N2OS. The van der Waals surface area contributed by atoms with Crippen molar-refractivity contribution in [2.75, 3.05) is 19.6 Å². The van der Waals surface area contributed by atoms with Gasteiger partial charge in [-0.15, -0.1) is 11.3 Å². The molecule has 2 aliphatic rings. The van der Waals surface area contributed by atoms with Gasteiger partial charge in [0.1, 0.15) is 0 Å². The molecule has 0 bridgehead atoms. The Bertz CT molecular complexity index is 440. The fourth-order valence-corrected chi connectivity index (χ4v) is 4.30. The van der Waals surface area contributed by atoms with Gasteiger partial charge in [-0.2, -0.15) is 0 Å². The highest BCUT2D eigenvalue weighted by Gasteiger charge is 2.25. The zero-order valence-electron chi connectivity index (χ0n) is 12.7. The molecule has 1 unspecified atom stereocenters. The second-order valence-corrected chi connectivity index (χ2v) is 7.43. The van der Waals surface area contributed by atoms with E-state index in [2.05, 4.69) is 5.32 Å². The molecule has 1 saturated heterocycles. The first-order valence-electron chi connectivity index (χ1n) is 8.39. The number of rotatable bonds is 4. The first-order chi connectivity index (χ1) is 10.3. The van der Waals surface area contributed by atoms with Gasteiger partial charge in [0.05, 0.1) is 4.88 Å². The van der Waals surface area contributed by atoms with Gasteiger partial charge in [-0.1, -0.05) is 25.3 Å². The molecule has 1 amide bonds. The molecule has 1 atom stereocenters. The first kappa shape index (κ1) is 15.0. The van der Waals surface area contributed by atoms with Crippen LogP contribution in [0.1, 0.15) is 54.6 Å². The van der Waals surface area contributed by atoms with Gasteiger partial charge in [-0.3, -0.25) is 4.79 Å². The van der Waals surface area contributed by atoms with Crippen molar-refractivity contribution >= 4 is 17.2 Å². The molecule has 3 rings (SSSR count). The monoisotopic (exact) mass is 306 g/mol. The molecule has 21 heavy (non-hydrogen) atoms. The van der Waals surface area contributed by atoms with Gasteiger partial charge in [-0.25, -0.2) is 0 Å². The smallest absolute Gasteiger partial charge is 0.263 e. The highest BCUT2D eigenvalue weighted by atomic mass is 32.1. The van der Waals surface area contributed by atoms with Crippen LogP contribution in [0.5, 0.6) is 0 Å². The van der Waals surface area contributed by atoms with Gasteiger partial charge in [-0.05, 0) is 49.6 Å². The molecule has 1 aromatic rings. The van der Waals surface area contributed by atoms with Gasteiger partial charge in [0.15, 0.2) is 0 Å². The standard InChI is InChI=1S/C17H26N2OS/c20-17(16-9-5-11-21-16)19-10-4-8-15(13-19)18-12-14-6-2-1-3-7-14/h5,9,11,14-15,18H,1-4,6-8,10,12-13H2. The Kier molecular flexibility index (Phi) is 5.31. The zero-order chi connectivity index (χ0) is 14.5. The summed E-state index contributed by atoms with van der Waals surface area (Å²) in [5.41, 5.74) is 0. The topological polar surface area (TPSA) is 32.3 Å². The molecule has 1 aliphatic heterocycles. The van der Waals surface area contributed by atoms with Crippen molar-refractivity contribution < 1.29 is 4.79 Å². The fraction of sp³-hybridized carbons (Fsp3) is 0.706. The number of piperidine rings is 1. The van der Waals surface area contributed by atoms with E-state index >= 15 is 0 Å². The van der Waals surface area contributed by atoms with Crippen LogP contribution >= 0.6 is 11.3 Å². The molecule has 2 heterocycles. The predicted octanol–water partition coefficient (Wildman–Crippen LogP) is 3.52. The second kappa shape index (κ2) is 7.41. The van der Waals surface area contributed by atoms with Crippen LogP contribution in [-0.2, 0) is 0 Å². The van der Waals surface area contributed by atoms with Crippen LogP contribution in [0.25, 0.3) is 0 Å². The van der Waals surface area contributed by atoms with E-state index in [1.54, 1.807) is 11.3 Å². The number of amides is 1. The van der Waals surface area contributed by atoms with Crippen molar-refractivity contribution in [3.05, 3.63) is 22.4 Å². The number of likely N-dealkylation sites (tertiary alicyclic amines) is 1. The third-order valence-electron chi connectivity index (χ3n) is 4.86. The molecule has 116 valence electrons. The van der Waals surface area contributed by atoms with Gasteiger partial charge < -0.3 is 10.2 Å². The summed E-state index contributed by atoms with van der Waals surface area (Å²) in [5.74, 6) is 1.08. The number of carbonyl (C=O) groups is 1. The summed E-state index contributed by atoms with van der Waals surface area (Å²) in [7, 11) is 0. The van der Waals surface area contributed by atoms with E-state index in [1.807, 2.05) is 22.4 Å². The summed E-state index contributed by atoms with van der Waals surface area (Å²) in [6, 6.07) is 4.39. The summed E-state index contributed by atoms with van der Waals surface area (Å²) in [5, 5.41) is 5.71. The number of nitrogens with one attached hydrogen (secondary N) is 1. The average Bonchev–Trinajstić information content (AvgIpc) is 3.08. The van der Waals surface area contributed by atoms with Crippen LogP contribution in [0.2, 0.25) is 0 Å². The maximum absolute atomic E-state index is 12.4. The molecule has 4 heteroatoms. The van der Waals surface area contributed by atoms with E-state index < -0.39 is 0 Å². The molecule has 1 aromatic heterocycles. The average molecular weight is 306 g/mol. The lowest BCUT2D eigenvalue weighted by Gasteiger charge is -2.34. The van der Waals surface area contributed by atoms with Crippen molar-refractivity contribution in [1.82, 2.24) is 10.2 Å². The zero-order valence-corrected chi connectivity index (χ0v) is 13.5. The minimum atomic E-state index is 0.217. The van der Waals surface area contributed by atoms with Crippen LogP contribution in [-0.4, -0.2) is 36.5 Å². The van der Waals surface area contributed by atoms with Crippen LogP contribution in [0.4, 0.5) is 0 Å². The van der Waals surface area contributed by atoms with E-state index in [4.69, 9.17) is 0 Å². The summed E-state index contributed by atoms with van der Waals surface area (Å²) >= 11 is 1.55. The molecular weight excluding hydrogens is 280 g/mol. The predicted molar refractivity (Wildman–Crippen MR) is 87.8 cm³/mol. The quantitative estimate of drug-likeness (QED) is 0.923. The summed E-state index contributed by atoms with van der Waals surface area (Å²) < 4.78 is 0. The SMILES string of the molecule is O=C(c1cccs1)N1CCCC(NCC2CCCCC2)C1. The highest BCUT2D eigenvalue weighted by Crippen LogP contribution is 2.23. The fourth-order valence-electron chi connectivity index (χ4n) is 3.61. The minimum Gasteiger partial charge on any atom is -0.336 e. The van der Waals surface area contributed by atoms with E-state index in [9.17, 15) is 4.79 Å². The normalized spacial score (nSPS) is 24.2. The summed E-state index contributed by atoms with van der Waals surface area (Å²) in [4.78, 5) is 15.3. The maximum Gasteiger partial charge on any atom is 0.263 e. The molecule has 1 N–H and O–H groups in total. The number of thiophene rings is 1. The molecule has 0 spiro atoms.